The van der Waals surface area contributed by atoms with Crippen molar-refractivity contribution in [2.75, 3.05) is 6.61 Å². The fourth-order valence-electron chi connectivity index (χ4n) is 1.65. The average Bonchev–Trinajstić information content (AvgIpc) is 2.46. The average molecular weight is 260 g/mol. The van der Waals surface area contributed by atoms with Crippen molar-refractivity contribution in [2.45, 2.75) is 20.0 Å². The first-order chi connectivity index (χ1) is 9.24. The van der Waals surface area contributed by atoms with E-state index in [1.807, 2.05) is 24.3 Å². The molecule has 0 amide bonds. The summed E-state index contributed by atoms with van der Waals surface area (Å²) in [5.74, 6) is 0.803. The first-order valence-electron chi connectivity index (χ1n) is 6.17. The molecule has 2 N–H and O–H groups in total. The maximum atomic E-state index is 11.3. The van der Waals surface area contributed by atoms with E-state index >= 15 is 0 Å². The van der Waals surface area contributed by atoms with Crippen LogP contribution in [0.25, 0.3) is 11.3 Å². The number of benzene rings is 1. The number of rotatable bonds is 5. The zero-order valence-electron chi connectivity index (χ0n) is 10.7. The Bertz CT molecular complexity index is 590. The summed E-state index contributed by atoms with van der Waals surface area (Å²) in [7, 11) is 0. The summed E-state index contributed by atoms with van der Waals surface area (Å²) >= 11 is 0. The molecule has 0 saturated heterocycles. The summed E-state index contributed by atoms with van der Waals surface area (Å²) in [5, 5.41) is 15.4. The van der Waals surface area contributed by atoms with Crippen molar-refractivity contribution in [1.29, 1.82) is 0 Å². The number of hydrogen-bond donors (Lipinski definition) is 2. The molecular weight excluding hydrogens is 244 g/mol. The fourth-order valence-corrected chi connectivity index (χ4v) is 1.65. The maximum Gasteiger partial charge on any atom is 0.269 e. The maximum absolute atomic E-state index is 11.3. The number of nitrogens with zero attached hydrogens (tertiary/aromatic N) is 1. The molecule has 5 nitrogen and oxygen atoms in total. The SMILES string of the molecule is CCCOc1ccc(-c2cc(CO)c(=O)[nH]n2)cc1. The number of H-pyrrole nitrogens is 1. The molecular formula is C14H16N2O3. The standard InChI is InChI=1S/C14H16N2O3/c1-2-7-19-12-5-3-10(4-6-12)13-8-11(9-17)14(18)16-15-13/h3-6,8,17H,2,7,9H2,1H3,(H,16,18). The van der Waals surface area contributed by atoms with Crippen LogP contribution in [-0.2, 0) is 6.61 Å². The van der Waals surface area contributed by atoms with Crippen molar-refractivity contribution in [3.63, 3.8) is 0 Å². The lowest BCUT2D eigenvalue weighted by molar-refractivity contribution is 0.280. The summed E-state index contributed by atoms with van der Waals surface area (Å²) in [4.78, 5) is 11.3. The molecule has 5 heteroatoms. The van der Waals surface area contributed by atoms with Crippen molar-refractivity contribution in [3.05, 3.63) is 46.2 Å². The van der Waals surface area contributed by atoms with Gasteiger partial charge in [-0.15, -0.1) is 0 Å². The zero-order valence-corrected chi connectivity index (χ0v) is 10.7. The molecule has 19 heavy (non-hydrogen) atoms. The third-order valence-electron chi connectivity index (χ3n) is 2.67. The molecule has 0 aliphatic rings. The Morgan fingerprint density at radius 2 is 2.05 bits per heavy atom. The second-order valence-electron chi connectivity index (χ2n) is 4.14. The van der Waals surface area contributed by atoms with E-state index in [-0.39, 0.29) is 12.2 Å². The van der Waals surface area contributed by atoms with Gasteiger partial charge in [0, 0.05) is 11.1 Å². The van der Waals surface area contributed by atoms with Crippen LogP contribution in [0.2, 0.25) is 0 Å². The number of ether oxygens (including phenoxy) is 1. The van der Waals surface area contributed by atoms with E-state index in [9.17, 15) is 4.79 Å². The Morgan fingerprint density at radius 3 is 2.68 bits per heavy atom. The highest BCUT2D eigenvalue weighted by molar-refractivity contribution is 5.60. The summed E-state index contributed by atoms with van der Waals surface area (Å²) in [6, 6.07) is 9.03. The number of aliphatic hydroxyl groups excluding tert-OH is 1. The highest BCUT2D eigenvalue weighted by Crippen LogP contribution is 2.20. The van der Waals surface area contributed by atoms with Gasteiger partial charge in [-0.25, -0.2) is 5.10 Å². The molecule has 0 saturated carbocycles. The van der Waals surface area contributed by atoms with E-state index in [4.69, 9.17) is 9.84 Å². The van der Waals surface area contributed by atoms with Crippen molar-refractivity contribution in [1.82, 2.24) is 10.2 Å². The van der Waals surface area contributed by atoms with Crippen molar-refractivity contribution < 1.29 is 9.84 Å². The fraction of sp³-hybridized carbons (Fsp3) is 0.286. The molecule has 0 radical (unpaired) electrons. The molecule has 0 aliphatic carbocycles. The minimum atomic E-state index is -0.367. The minimum absolute atomic E-state index is 0.302. The van der Waals surface area contributed by atoms with Gasteiger partial charge in [-0.05, 0) is 36.8 Å². The predicted molar refractivity (Wildman–Crippen MR) is 72.0 cm³/mol. The van der Waals surface area contributed by atoms with E-state index in [0.717, 1.165) is 17.7 Å². The van der Waals surface area contributed by atoms with E-state index in [0.29, 0.717) is 17.9 Å². The highest BCUT2D eigenvalue weighted by atomic mass is 16.5. The molecule has 100 valence electrons. The molecule has 0 unspecified atom stereocenters. The second kappa shape index (κ2) is 6.15. The Hall–Kier alpha value is -2.14. The van der Waals surface area contributed by atoms with Crippen LogP contribution in [0.3, 0.4) is 0 Å². The number of nitrogens with one attached hydrogen (secondary N) is 1. The summed E-state index contributed by atoms with van der Waals surface area (Å²) in [6.45, 7) is 2.43. The zero-order chi connectivity index (χ0) is 13.7. The first kappa shape index (κ1) is 13.3. The summed E-state index contributed by atoms with van der Waals surface area (Å²) < 4.78 is 5.49. The Balaban J connectivity index is 2.24. The van der Waals surface area contributed by atoms with Crippen LogP contribution in [0.5, 0.6) is 5.75 Å². The van der Waals surface area contributed by atoms with E-state index < -0.39 is 0 Å². The van der Waals surface area contributed by atoms with Gasteiger partial charge >= 0.3 is 0 Å². The molecule has 0 bridgehead atoms. The number of aliphatic hydroxyl groups is 1. The van der Waals surface area contributed by atoms with Crippen LogP contribution in [0, 0.1) is 0 Å². The predicted octanol–water partition coefficient (Wildman–Crippen LogP) is 1.72. The number of aromatic nitrogens is 2. The molecule has 2 rings (SSSR count). The van der Waals surface area contributed by atoms with Gasteiger partial charge in [0.05, 0.1) is 18.9 Å². The van der Waals surface area contributed by atoms with Crippen molar-refractivity contribution in [3.8, 4) is 17.0 Å². The molecule has 1 heterocycles. The third kappa shape index (κ3) is 3.20. The molecule has 2 aromatic rings. The lowest BCUT2D eigenvalue weighted by atomic mass is 10.1. The highest BCUT2D eigenvalue weighted by Gasteiger charge is 2.04. The minimum Gasteiger partial charge on any atom is -0.494 e. The van der Waals surface area contributed by atoms with Gasteiger partial charge in [0.15, 0.2) is 0 Å². The van der Waals surface area contributed by atoms with Crippen LogP contribution < -0.4 is 10.3 Å². The van der Waals surface area contributed by atoms with E-state index in [2.05, 4.69) is 17.1 Å². The quantitative estimate of drug-likeness (QED) is 0.858. The normalized spacial score (nSPS) is 10.4. The van der Waals surface area contributed by atoms with E-state index in [1.54, 1.807) is 6.07 Å². The van der Waals surface area contributed by atoms with Crippen LogP contribution in [0.15, 0.2) is 35.1 Å². The molecule has 1 aromatic heterocycles. The van der Waals surface area contributed by atoms with E-state index in [1.165, 1.54) is 0 Å². The topological polar surface area (TPSA) is 75.2 Å². The van der Waals surface area contributed by atoms with Gasteiger partial charge in [0.2, 0.25) is 0 Å². The number of aromatic amines is 1. The van der Waals surface area contributed by atoms with Gasteiger partial charge < -0.3 is 9.84 Å². The van der Waals surface area contributed by atoms with Gasteiger partial charge in [-0.3, -0.25) is 4.79 Å². The summed E-state index contributed by atoms with van der Waals surface area (Å²) in [6.07, 6.45) is 0.961. The molecule has 1 aromatic carbocycles. The van der Waals surface area contributed by atoms with Gasteiger partial charge in [0.25, 0.3) is 5.56 Å². The van der Waals surface area contributed by atoms with Crippen LogP contribution in [0.1, 0.15) is 18.9 Å². The lowest BCUT2D eigenvalue weighted by Crippen LogP contribution is -2.14. The largest absolute Gasteiger partial charge is 0.494 e. The second-order valence-corrected chi connectivity index (χ2v) is 4.14. The first-order valence-corrected chi connectivity index (χ1v) is 6.17. The third-order valence-corrected chi connectivity index (χ3v) is 2.67. The Labute approximate surface area is 110 Å². The van der Waals surface area contributed by atoms with Crippen LogP contribution in [-0.4, -0.2) is 21.9 Å². The van der Waals surface area contributed by atoms with Crippen molar-refractivity contribution >= 4 is 0 Å². The smallest absolute Gasteiger partial charge is 0.269 e. The van der Waals surface area contributed by atoms with Crippen molar-refractivity contribution in [2.24, 2.45) is 0 Å². The van der Waals surface area contributed by atoms with Crippen LogP contribution in [0.4, 0.5) is 0 Å². The molecule has 0 spiro atoms. The number of hydrogen-bond acceptors (Lipinski definition) is 4. The van der Waals surface area contributed by atoms with Gasteiger partial charge in [-0.1, -0.05) is 6.92 Å². The van der Waals surface area contributed by atoms with Crippen LogP contribution >= 0.6 is 0 Å². The summed E-state index contributed by atoms with van der Waals surface area (Å²) in [5.41, 5.74) is 1.41. The molecule has 0 fully saturated rings. The van der Waals surface area contributed by atoms with Gasteiger partial charge in [-0.2, -0.15) is 5.10 Å². The molecule has 0 aliphatic heterocycles. The molecule has 0 atom stereocenters. The lowest BCUT2D eigenvalue weighted by Gasteiger charge is -2.06. The Morgan fingerprint density at radius 1 is 1.32 bits per heavy atom. The van der Waals surface area contributed by atoms with Gasteiger partial charge in [0.1, 0.15) is 5.75 Å². The Kier molecular flexibility index (Phi) is 4.30. The monoisotopic (exact) mass is 260 g/mol.